The molecular weight excluding hydrogens is 382 g/mol. The van der Waals surface area contributed by atoms with Crippen LogP contribution in [-0.2, 0) is 4.74 Å². The summed E-state index contributed by atoms with van der Waals surface area (Å²) in [5.41, 5.74) is 3.49. The van der Waals surface area contributed by atoms with Crippen LogP contribution < -0.4 is 20.2 Å². The highest BCUT2D eigenvalue weighted by Gasteiger charge is 2.16. The molecule has 0 radical (unpaired) electrons. The lowest BCUT2D eigenvalue weighted by Crippen LogP contribution is -2.37. The van der Waals surface area contributed by atoms with E-state index in [1.54, 1.807) is 30.5 Å². The summed E-state index contributed by atoms with van der Waals surface area (Å²) < 4.78 is 21.1. The number of ether oxygens (including phenoxy) is 3. The van der Waals surface area contributed by atoms with E-state index < -0.39 is 5.97 Å². The first-order valence-corrected chi connectivity index (χ1v) is 9.19. The Morgan fingerprint density at radius 3 is 3.00 bits per heavy atom. The number of benzene rings is 1. The molecule has 0 bridgehead atoms. The molecule has 2 N–H and O–H groups in total. The molecule has 2 aromatic rings. The highest BCUT2D eigenvalue weighted by atomic mass is 32.1. The van der Waals surface area contributed by atoms with Gasteiger partial charge in [-0.15, -0.1) is 0 Å². The van der Waals surface area contributed by atoms with E-state index in [1.807, 2.05) is 0 Å². The van der Waals surface area contributed by atoms with Gasteiger partial charge < -0.3 is 23.9 Å². The molecule has 1 atom stereocenters. The van der Waals surface area contributed by atoms with E-state index in [4.69, 9.17) is 30.8 Å². The predicted octanol–water partition coefficient (Wildman–Crippen LogP) is 2.48. The van der Waals surface area contributed by atoms with Gasteiger partial charge in [0.1, 0.15) is 0 Å². The maximum atomic E-state index is 12.0. The molecule has 1 aromatic carbocycles. The fraction of sp³-hybridized carbons (Fsp3) is 0.316. The second kappa shape index (κ2) is 9.86. The number of rotatable bonds is 7. The average molecular weight is 403 g/mol. The van der Waals surface area contributed by atoms with E-state index in [1.165, 1.54) is 19.4 Å². The number of methoxy groups -OCH3 is 1. The Kier molecular flexibility index (Phi) is 6.99. The van der Waals surface area contributed by atoms with Crippen molar-refractivity contribution in [3.8, 4) is 11.5 Å². The Morgan fingerprint density at radius 2 is 2.29 bits per heavy atom. The van der Waals surface area contributed by atoms with Gasteiger partial charge in [-0.1, -0.05) is 0 Å². The first-order chi connectivity index (χ1) is 13.7. The summed E-state index contributed by atoms with van der Waals surface area (Å²) in [6.45, 7) is 1.46. The second-order valence-corrected chi connectivity index (χ2v) is 6.40. The number of nitrogens with one attached hydrogen (secondary N) is 2. The van der Waals surface area contributed by atoms with Gasteiger partial charge in [0.2, 0.25) is 5.76 Å². The topological polar surface area (TPSA) is 94.3 Å². The van der Waals surface area contributed by atoms with Crippen LogP contribution in [-0.4, -0.2) is 43.7 Å². The molecule has 1 fully saturated rings. The van der Waals surface area contributed by atoms with Crippen LogP contribution >= 0.6 is 12.2 Å². The van der Waals surface area contributed by atoms with E-state index in [0.717, 1.165) is 25.0 Å². The van der Waals surface area contributed by atoms with Crippen LogP contribution in [0.5, 0.6) is 11.5 Å². The average Bonchev–Trinajstić information content (AvgIpc) is 3.41. The van der Waals surface area contributed by atoms with Crippen LogP contribution in [0.25, 0.3) is 0 Å². The minimum atomic E-state index is -0.603. The normalized spacial score (nSPS) is 16.1. The zero-order chi connectivity index (χ0) is 19.8. The predicted molar refractivity (Wildman–Crippen MR) is 107 cm³/mol. The Labute approximate surface area is 167 Å². The van der Waals surface area contributed by atoms with Gasteiger partial charge >= 0.3 is 5.97 Å². The number of carbonyl (C=O) groups excluding carboxylic acids is 1. The maximum Gasteiger partial charge on any atom is 0.379 e. The summed E-state index contributed by atoms with van der Waals surface area (Å²) in [5.74, 6) is 0.181. The SMILES string of the molecule is COc1cc(/C=N\NC(=S)NC[C@@H]2CCCO2)ccc1OC(=O)c1ccco1. The Bertz CT molecular complexity index is 832. The molecule has 148 valence electrons. The molecule has 28 heavy (non-hydrogen) atoms. The summed E-state index contributed by atoms with van der Waals surface area (Å²) in [6, 6.07) is 8.19. The number of thiocarbonyl (C=S) groups is 1. The van der Waals surface area contributed by atoms with Gasteiger partial charge in [0.25, 0.3) is 0 Å². The zero-order valence-corrected chi connectivity index (χ0v) is 16.2. The van der Waals surface area contributed by atoms with E-state index in [2.05, 4.69) is 15.8 Å². The van der Waals surface area contributed by atoms with Gasteiger partial charge in [0, 0.05) is 13.2 Å². The largest absolute Gasteiger partial charge is 0.493 e. The lowest BCUT2D eigenvalue weighted by atomic mass is 10.2. The summed E-state index contributed by atoms with van der Waals surface area (Å²) in [4.78, 5) is 12.0. The quantitative estimate of drug-likeness (QED) is 0.239. The van der Waals surface area contributed by atoms with E-state index in [9.17, 15) is 4.79 Å². The van der Waals surface area contributed by atoms with Crippen LogP contribution in [0.4, 0.5) is 0 Å². The maximum absolute atomic E-state index is 12.0. The molecule has 0 unspecified atom stereocenters. The zero-order valence-electron chi connectivity index (χ0n) is 15.3. The van der Waals surface area contributed by atoms with Crippen LogP contribution in [0, 0.1) is 0 Å². The number of carbonyl (C=O) groups is 1. The van der Waals surface area contributed by atoms with Crippen molar-refractivity contribution in [1.82, 2.24) is 10.7 Å². The van der Waals surface area contributed by atoms with Crippen molar-refractivity contribution in [3.63, 3.8) is 0 Å². The van der Waals surface area contributed by atoms with Crippen molar-refractivity contribution in [1.29, 1.82) is 0 Å². The molecule has 0 amide bonds. The minimum absolute atomic E-state index is 0.112. The van der Waals surface area contributed by atoms with Gasteiger partial charge in [-0.2, -0.15) is 5.10 Å². The number of furan rings is 1. The van der Waals surface area contributed by atoms with Crippen LogP contribution in [0.2, 0.25) is 0 Å². The third kappa shape index (κ3) is 5.54. The second-order valence-electron chi connectivity index (χ2n) is 5.99. The van der Waals surface area contributed by atoms with Crippen LogP contribution in [0.15, 0.2) is 46.1 Å². The van der Waals surface area contributed by atoms with Gasteiger partial charge in [-0.25, -0.2) is 4.79 Å². The van der Waals surface area contributed by atoms with Crippen molar-refractivity contribution >= 4 is 29.5 Å². The fourth-order valence-electron chi connectivity index (χ4n) is 2.61. The summed E-state index contributed by atoms with van der Waals surface area (Å²) >= 11 is 5.18. The van der Waals surface area contributed by atoms with Gasteiger partial charge in [-0.05, 0) is 61.0 Å². The van der Waals surface area contributed by atoms with Gasteiger partial charge in [-0.3, -0.25) is 5.43 Å². The lowest BCUT2D eigenvalue weighted by Gasteiger charge is -2.11. The molecule has 9 heteroatoms. The molecule has 3 rings (SSSR count). The van der Waals surface area contributed by atoms with Crippen LogP contribution in [0.1, 0.15) is 29.0 Å². The first-order valence-electron chi connectivity index (χ1n) is 8.78. The van der Waals surface area contributed by atoms with Crippen molar-refractivity contribution in [2.75, 3.05) is 20.3 Å². The highest BCUT2D eigenvalue weighted by Crippen LogP contribution is 2.28. The molecular formula is C19H21N3O5S. The van der Waals surface area contributed by atoms with Crippen molar-refractivity contribution < 1.29 is 23.4 Å². The number of hydrogen-bond donors (Lipinski definition) is 2. The standard InChI is InChI=1S/C19H21N3O5S/c1-24-17-10-13(6-7-15(17)27-18(23)16-5-3-9-26-16)11-21-22-19(28)20-12-14-4-2-8-25-14/h3,5-7,9-11,14H,2,4,8,12H2,1H3,(H2,20,22,28)/b21-11-/t14-/m0/s1. The van der Waals surface area contributed by atoms with Crippen LogP contribution in [0.3, 0.4) is 0 Å². The van der Waals surface area contributed by atoms with Gasteiger partial charge in [0.05, 0.1) is 25.7 Å². The Hall–Kier alpha value is -2.91. The minimum Gasteiger partial charge on any atom is -0.493 e. The number of hydrazone groups is 1. The Morgan fingerprint density at radius 1 is 1.39 bits per heavy atom. The number of nitrogens with zero attached hydrogens (tertiary/aromatic N) is 1. The molecule has 0 spiro atoms. The smallest absolute Gasteiger partial charge is 0.379 e. The molecule has 0 saturated carbocycles. The van der Waals surface area contributed by atoms with Crippen molar-refractivity contribution in [3.05, 3.63) is 47.9 Å². The molecule has 1 saturated heterocycles. The summed E-state index contributed by atoms with van der Waals surface area (Å²) in [7, 11) is 1.49. The van der Waals surface area contributed by atoms with E-state index in [-0.39, 0.29) is 17.6 Å². The van der Waals surface area contributed by atoms with E-state index in [0.29, 0.717) is 17.4 Å². The summed E-state index contributed by atoms with van der Waals surface area (Å²) in [5, 5.41) is 7.58. The van der Waals surface area contributed by atoms with Gasteiger partial charge in [0.15, 0.2) is 16.6 Å². The van der Waals surface area contributed by atoms with Crippen molar-refractivity contribution in [2.45, 2.75) is 18.9 Å². The third-order valence-corrected chi connectivity index (χ3v) is 4.24. The highest BCUT2D eigenvalue weighted by molar-refractivity contribution is 7.80. The first kappa shape index (κ1) is 19.8. The number of esters is 1. The molecule has 1 aromatic heterocycles. The Balaban J connectivity index is 1.53. The fourth-order valence-corrected chi connectivity index (χ4v) is 2.75. The monoisotopic (exact) mass is 403 g/mol. The molecule has 8 nitrogen and oxygen atoms in total. The molecule has 0 aliphatic carbocycles. The summed E-state index contributed by atoms with van der Waals surface area (Å²) in [6.07, 6.45) is 5.31. The third-order valence-electron chi connectivity index (χ3n) is 4.01. The lowest BCUT2D eigenvalue weighted by molar-refractivity contribution is 0.0696. The molecule has 1 aliphatic heterocycles. The molecule has 1 aliphatic rings. The molecule has 2 heterocycles. The van der Waals surface area contributed by atoms with E-state index >= 15 is 0 Å². The van der Waals surface area contributed by atoms with Crippen molar-refractivity contribution in [2.24, 2.45) is 5.10 Å². The number of hydrogen-bond acceptors (Lipinski definition) is 7.